The molecule has 0 saturated carbocycles. The fraction of sp³-hybridized carbons (Fsp3) is 0.206. The summed E-state index contributed by atoms with van der Waals surface area (Å²) in [4.78, 5) is 45.0. The van der Waals surface area contributed by atoms with Gasteiger partial charge in [0.05, 0.1) is 6.61 Å². The molecular weight excluding hydrogens is 560 g/mol. The maximum absolute atomic E-state index is 14.3. The van der Waals surface area contributed by atoms with Crippen molar-refractivity contribution in [3.63, 3.8) is 0 Å². The molecule has 2 aliphatic rings. The highest BCUT2D eigenvalue weighted by molar-refractivity contribution is 7.13. The van der Waals surface area contributed by atoms with Crippen molar-refractivity contribution < 1.29 is 14.3 Å². The Morgan fingerprint density at radius 2 is 1.86 bits per heavy atom. The Hall–Kier alpha value is -4.89. The number of thiophene rings is 1. The molecule has 2 atom stereocenters. The predicted molar refractivity (Wildman–Crippen MR) is 172 cm³/mol. The minimum absolute atomic E-state index is 0.0542. The van der Waals surface area contributed by atoms with Gasteiger partial charge in [0.15, 0.2) is 0 Å². The van der Waals surface area contributed by atoms with Gasteiger partial charge in [-0.3, -0.25) is 14.9 Å². The maximum Gasteiger partial charge on any atom is 0.411 e. The lowest BCUT2D eigenvalue weighted by atomic mass is 9.92. The van der Waals surface area contributed by atoms with Crippen LogP contribution in [0.2, 0.25) is 0 Å². The number of amides is 2. The summed E-state index contributed by atoms with van der Waals surface area (Å²) in [6.45, 7) is 4.52. The highest BCUT2D eigenvalue weighted by Gasteiger charge is 2.27. The number of pyridine rings is 1. The quantitative estimate of drug-likeness (QED) is 0.208. The lowest BCUT2D eigenvalue weighted by Crippen LogP contribution is -2.35. The van der Waals surface area contributed by atoms with E-state index in [0.29, 0.717) is 23.3 Å². The van der Waals surface area contributed by atoms with Crippen molar-refractivity contribution in [3.8, 4) is 10.4 Å². The van der Waals surface area contributed by atoms with Crippen LogP contribution in [0.4, 0.5) is 16.2 Å². The number of aromatic amines is 1. The molecule has 7 rings (SSSR count). The summed E-state index contributed by atoms with van der Waals surface area (Å²) in [6.07, 6.45) is 1.10. The van der Waals surface area contributed by atoms with Gasteiger partial charge < -0.3 is 19.9 Å². The number of ether oxygens (including phenoxy) is 1. The van der Waals surface area contributed by atoms with E-state index in [0.717, 1.165) is 38.1 Å². The molecule has 0 radical (unpaired) electrons. The molecule has 0 aliphatic carbocycles. The van der Waals surface area contributed by atoms with E-state index in [4.69, 9.17) is 4.74 Å². The zero-order chi connectivity index (χ0) is 30.1. The molecule has 2 amide bonds. The number of hydrogen-bond acceptors (Lipinski definition) is 6. The maximum atomic E-state index is 14.3. The van der Waals surface area contributed by atoms with E-state index < -0.39 is 12.1 Å². The van der Waals surface area contributed by atoms with Crippen LogP contribution in [0.15, 0.2) is 89.2 Å². The summed E-state index contributed by atoms with van der Waals surface area (Å²) >= 11 is 1.61. The van der Waals surface area contributed by atoms with E-state index in [-0.39, 0.29) is 24.0 Å². The number of rotatable bonds is 3. The largest absolute Gasteiger partial charge is 0.449 e. The molecule has 4 bridgehead atoms. The Kier molecular flexibility index (Phi) is 7.73. The van der Waals surface area contributed by atoms with Gasteiger partial charge in [-0.1, -0.05) is 43.3 Å². The Bertz CT molecular complexity index is 1880. The minimum atomic E-state index is -0.717. The monoisotopic (exact) mass is 592 g/mol. The van der Waals surface area contributed by atoms with Crippen molar-refractivity contribution in [1.29, 1.82) is 0 Å². The molecule has 0 saturated heterocycles. The second kappa shape index (κ2) is 11.8. The van der Waals surface area contributed by atoms with Gasteiger partial charge in [-0.05, 0) is 81.9 Å². The Labute approximate surface area is 253 Å². The van der Waals surface area contributed by atoms with Gasteiger partial charge in [0.1, 0.15) is 6.04 Å². The number of H-pyrrole nitrogens is 1. The number of nitrogens with one attached hydrogen (secondary N) is 3. The number of nitrogens with zero attached hydrogens (tertiary/aromatic N) is 1. The van der Waals surface area contributed by atoms with Crippen molar-refractivity contribution in [2.75, 3.05) is 24.3 Å². The number of fused-ring (bicyclic) bond motifs is 10. The molecule has 4 heterocycles. The minimum Gasteiger partial charge on any atom is -0.449 e. The molecule has 9 heteroatoms. The molecule has 3 aromatic carbocycles. The van der Waals surface area contributed by atoms with Gasteiger partial charge >= 0.3 is 6.09 Å². The van der Waals surface area contributed by atoms with Crippen LogP contribution in [0.5, 0.6) is 0 Å². The fourth-order valence-corrected chi connectivity index (χ4v) is 6.42. The first-order chi connectivity index (χ1) is 20.8. The third-order valence-electron chi connectivity index (χ3n) is 7.88. The molecule has 2 aliphatic heterocycles. The normalized spacial score (nSPS) is 17.5. The van der Waals surface area contributed by atoms with E-state index in [1.54, 1.807) is 35.5 Å². The number of likely N-dealkylation sites (N-methyl/N-ethyl adjacent to an activating group) is 1. The van der Waals surface area contributed by atoms with Crippen molar-refractivity contribution >= 4 is 45.5 Å². The van der Waals surface area contributed by atoms with E-state index >= 15 is 0 Å². The molecule has 0 fully saturated rings. The molecule has 218 valence electrons. The summed E-state index contributed by atoms with van der Waals surface area (Å²) < 4.78 is 5.59. The van der Waals surface area contributed by atoms with E-state index in [1.807, 2.05) is 86.0 Å². The fourth-order valence-electron chi connectivity index (χ4n) is 5.63. The molecule has 8 nitrogen and oxygen atoms in total. The van der Waals surface area contributed by atoms with Crippen LogP contribution in [0, 0.1) is 6.92 Å². The van der Waals surface area contributed by atoms with Crippen LogP contribution in [-0.4, -0.2) is 35.5 Å². The Morgan fingerprint density at radius 3 is 2.65 bits per heavy atom. The summed E-state index contributed by atoms with van der Waals surface area (Å²) in [5, 5.41) is 9.65. The van der Waals surface area contributed by atoms with Crippen molar-refractivity contribution in [3.05, 3.63) is 117 Å². The van der Waals surface area contributed by atoms with Crippen LogP contribution in [-0.2, 0) is 16.1 Å². The number of carbonyl (C=O) groups excluding carboxylic acids is 2. The first kappa shape index (κ1) is 28.2. The predicted octanol–water partition coefficient (Wildman–Crippen LogP) is 7.04. The molecule has 2 aromatic heterocycles. The molecular formula is C34H32N4O4S. The molecule has 3 N–H and O–H groups in total. The standard InChI is InChI=1S/C34H32N4O4S/c1-20-15-23-7-10-27(20)21(2)19-42-34(41)37-25-9-11-28(30-5-4-14-43-30)24(16-25)18-38(3)33(40)31(23)36-26-8-6-22-12-13-35-32(39)29(22)17-26/h4-17,21,31,36H,18-19H2,1-3H3,(H,35,39)(H,37,41)/t21-,31+/m0/s1. The molecule has 0 unspecified atom stereocenters. The summed E-state index contributed by atoms with van der Waals surface area (Å²) in [5.74, 6) is -0.189. The number of anilines is 2. The Balaban J connectivity index is 1.43. The van der Waals surface area contributed by atoms with Gasteiger partial charge in [0.2, 0.25) is 5.91 Å². The zero-order valence-corrected chi connectivity index (χ0v) is 25.0. The van der Waals surface area contributed by atoms with Crippen LogP contribution < -0.4 is 16.2 Å². The number of hydrogen-bond donors (Lipinski definition) is 3. The van der Waals surface area contributed by atoms with Gasteiger partial charge in [-0.15, -0.1) is 11.3 Å². The first-order valence-corrected chi connectivity index (χ1v) is 15.0. The van der Waals surface area contributed by atoms with Crippen LogP contribution in [0.3, 0.4) is 0 Å². The molecule has 5 aromatic rings. The molecule has 0 spiro atoms. The number of aryl methyl sites for hydroxylation is 1. The summed E-state index contributed by atoms with van der Waals surface area (Å²) in [6, 6.07) is 22.3. The second-order valence-electron chi connectivity index (χ2n) is 11.0. The summed E-state index contributed by atoms with van der Waals surface area (Å²) in [5.41, 5.74) is 5.76. The summed E-state index contributed by atoms with van der Waals surface area (Å²) in [7, 11) is 1.78. The van der Waals surface area contributed by atoms with Crippen LogP contribution in [0.25, 0.3) is 21.2 Å². The topological polar surface area (TPSA) is 104 Å². The first-order valence-electron chi connectivity index (χ1n) is 14.1. The number of carbonyl (C=O) groups is 2. The SMILES string of the molecule is Cc1cc2ccc1[C@@H](C)COC(=O)Nc1ccc(-c3cccs3)c(c1)CN(C)C(=O)[C@@H]2Nc1ccc2cc[nH]c(=O)c2c1. The Morgan fingerprint density at radius 1 is 1.00 bits per heavy atom. The average molecular weight is 593 g/mol. The zero-order valence-electron chi connectivity index (χ0n) is 24.1. The van der Waals surface area contributed by atoms with E-state index in [9.17, 15) is 14.4 Å². The smallest absolute Gasteiger partial charge is 0.411 e. The van der Waals surface area contributed by atoms with Gasteiger partial charge in [0, 0.05) is 47.3 Å². The van der Waals surface area contributed by atoms with E-state index in [1.165, 1.54) is 0 Å². The van der Waals surface area contributed by atoms with Gasteiger partial charge in [-0.2, -0.15) is 0 Å². The van der Waals surface area contributed by atoms with Crippen molar-refractivity contribution in [1.82, 2.24) is 9.88 Å². The molecule has 43 heavy (non-hydrogen) atoms. The van der Waals surface area contributed by atoms with Gasteiger partial charge in [0.25, 0.3) is 5.56 Å². The lowest BCUT2D eigenvalue weighted by molar-refractivity contribution is -0.131. The lowest BCUT2D eigenvalue weighted by Gasteiger charge is -2.28. The van der Waals surface area contributed by atoms with Crippen molar-refractivity contribution in [2.45, 2.75) is 32.4 Å². The highest BCUT2D eigenvalue weighted by atomic mass is 32.1. The second-order valence-corrected chi connectivity index (χ2v) is 11.9. The third-order valence-corrected chi connectivity index (χ3v) is 8.78. The van der Waals surface area contributed by atoms with Crippen LogP contribution in [0.1, 0.15) is 41.1 Å². The number of aromatic nitrogens is 1. The average Bonchev–Trinajstić information content (AvgIpc) is 3.53. The van der Waals surface area contributed by atoms with E-state index in [2.05, 4.69) is 15.6 Å². The highest BCUT2D eigenvalue weighted by Crippen LogP contribution is 2.33. The third kappa shape index (κ3) is 5.89. The van der Waals surface area contributed by atoms with Gasteiger partial charge in [-0.25, -0.2) is 4.79 Å². The van der Waals surface area contributed by atoms with Crippen LogP contribution >= 0.6 is 11.3 Å². The number of benzene rings is 3. The van der Waals surface area contributed by atoms with Crippen molar-refractivity contribution in [2.24, 2.45) is 0 Å².